The molecular weight excluding hydrogens is 328 g/mol. The van der Waals surface area contributed by atoms with E-state index in [9.17, 15) is 4.79 Å². The van der Waals surface area contributed by atoms with E-state index < -0.39 is 0 Å². The second kappa shape index (κ2) is 7.64. The molecule has 3 rings (SSSR count). The Bertz CT molecular complexity index is 730. The first-order valence-electron chi connectivity index (χ1n) is 7.90. The van der Waals surface area contributed by atoms with Gasteiger partial charge in [0.25, 0.3) is 5.91 Å². The van der Waals surface area contributed by atoms with Gasteiger partial charge in [-0.15, -0.1) is 0 Å². The molecule has 1 aromatic heterocycles. The summed E-state index contributed by atoms with van der Waals surface area (Å²) in [6, 6.07) is 8.73. The number of nitrogens with zero attached hydrogens (tertiary/aromatic N) is 1. The highest BCUT2D eigenvalue weighted by Gasteiger charge is 2.17. The van der Waals surface area contributed by atoms with Gasteiger partial charge in [-0.25, -0.2) is 4.98 Å². The first-order chi connectivity index (χ1) is 11.6. The van der Waals surface area contributed by atoms with E-state index in [1.165, 1.54) is 0 Å². The minimum atomic E-state index is -0.223. The molecule has 0 radical (unpaired) electrons. The van der Waals surface area contributed by atoms with Gasteiger partial charge in [0.05, 0.1) is 13.2 Å². The molecule has 1 aliphatic heterocycles. The molecule has 126 valence electrons. The van der Waals surface area contributed by atoms with Crippen LogP contribution in [-0.2, 0) is 4.74 Å². The molecule has 0 unspecified atom stereocenters. The van der Waals surface area contributed by atoms with E-state index in [1.807, 2.05) is 13.0 Å². The number of rotatable bonds is 4. The van der Waals surface area contributed by atoms with Crippen molar-refractivity contribution >= 4 is 23.2 Å². The van der Waals surface area contributed by atoms with Crippen LogP contribution in [0.15, 0.2) is 36.5 Å². The van der Waals surface area contributed by atoms with Crippen molar-refractivity contribution in [3.63, 3.8) is 0 Å². The Hall–Kier alpha value is -2.11. The number of hydrogen-bond donors (Lipinski definition) is 1. The van der Waals surface area contributed by atoms with Gasteiger partial charge in [-0.05, 0) is 30.7 Å². The average molecular weight is 347 g/mol. The molecule has 1 aromatic carbocycles. The van der Waals surface area contributed by atoms with Crippen LogP contribution in [0.1, 0.15) is 28.8 Å². The molecule has 0 spiro atoms. The second-order valence-corrected chi connectivity index (χ2v) is 6.09. The first kappa shape index (κ1) is 16.7. The summed E-state index contributed by atoms with van der Waals surface area (Å²) in [6.45, 7) is 3.25. The Morgan fingerprint density at radius 1 is 1.33 bits per heavy atom. The predicted octanol–water partition coefficient (Wildman–Crippen LogP) is 3.85. The van der Waals surface area contributed by atoms with Crippen LogP contribution in [0.4, 0.5) is 5.69 Å². The average Bonchev–Trinajstić information content (AvgIpc) is 2.60. The van der Waals surface area contributed by atoms with Crippen molar-refractivity contribution in [3.8, 4) is 5.88 Å². The maximum atomic E-state index is 12.5. The van der Waals surface area contributed by atoms with E-state index in [-0.39, 0.29) is 12.0 Å². The smallest absolute Gasteiger partial charge is 0.255 e. The number of halogens is 1. The van der Waals surface area contributed by atoms with Gasteiger partial charge in [-0.3, -0.25) is 4.79 Å². The Morgan fingerprint density at radius 3 is 2.92 bits per heavy atom. The largest absolute Gasteiger partial charge is 0.474 e. The molecule has 1 fully saturated rings. The van der Waals surface area contributed by atoms with Gasteiger partial charge in [0.2, 0.25) is 5.88 Å². The zero-order valence-electron chi connectivity index (χ0n) is 13.4. The fourth-order valence-electron chi connectivity index (χ4n) is 2.52. The number of amides is 1. The highest BCUT2D eigenvalue weighted by Crippen LogP contribution is 2.24. The Kier molecular flexibility index (Phi) is 5.33. The number of carbonyl (C=O) groups is 1. The number of hydrogen-bond acceptors (Lipinski definition) is 4. The van der Waals surface area contributed by atoms with Gasteiger partial charge >= 0.3 is 0 Å². The molecule has 0 atom stereocenters. The lowest BCUT2D eigenvalue weighted by Gasteiger charge is -2.22. The minimum absolute atomic E-state index is 0.0831. The molecular formula is C18H19ClN2O3. The molecule has 0 bridgehead atoms. The summed E-state index contributed by atoms with van der Waals surface area (Å²) in [5.41, 5.74) is 2.02. The highest BCUT2D eigenvalue weighted by molar-refractivity contribution is 6.31. The third-order valence-electron chi connectivity index (χ3n) is 3.97. The zero-order chi connectivity index (χ0) is 16.9. The lowest BCUT2D eigenvalue weighted by Crippen LogP contribution is -2.26. The summed E-state index contributed by atoms with van der Waals surface area (Å²) in [5, 5.41) is 3.49. The molecule has 1 aliphatic rings. The molecule has 6 heteroatoms. The lowest BCUT2D eigenvalue weighted by molar-refractivity contribution is 0.0237. The number of nitrogens with one attached hydrogen (secondary N) is 1. The van der Waals surface area contributed by atoms with Crippen molar-refractivity contribution in [3.05, 3.63) is 52.7 Å². The fraction of sp³-hybridized carbons (Fsp3) is 0.333. The standard InChI is InChI=1S/C18H19ClN2O3/c1-12-15(19)3-2-4-16(12)21-18(22)13-5-8-20-17(11-13)24-14-6-9-23-10-7-14/h2-5,8,11,14H,6-7,9-10H2,1H3,(H,21,22). The molecule has 1 amide bonds. The summed E-state index contributed by atoms with van der Waals surface area (Å²) >= 11 is 6.09. The van der Waals surface area contributed by atoms with Crippen molar-refractivity contribution in [1.29, 1.82) is 0 Å². The van der Waals surface area contributed by atoms with E-state index in [2.05, 4.69) is 10.3 Å². The highest BCUT2D eigenvalue weighted by atomic mass is 35.5. The molecule has 24 heavy (non-hydrogen) atoms. The van der Waals surface area contributed by atoms with Gasteiger partial charge in [0, 0.05) is 41.4 Å². The summed E-state index contributed by atoms with van der Waals surface area (Å²) in [7, 11) is 0. The van der Waals surface area contributed by atoms with E-state index >= 15 is 0 Å². The molecule has 1 saturated heterocycles. The van der Waals surface area contributed by atoms with Crippen LogP contribution >= 0.6 is 11.6 Å². The van der Waals surface area contributed by atoms with Crippen LogP contribution < -0.4 is 10.1 Å². The van der Waals surface area contributed by atoms with Crippen LogP contribution in [0.2, 0.25) is 5.02 Å². The normalized spacial score (nSPS) is 15.1. The summed E-state index contributed by atoms with van der Waals surface area (Å²) in [4.78, 5) is 16.7. The fourth-order valence-corrected chi connectivity index (χ4v) is 2.69. The zero-order valence-corrected chi connectivity index (χ0v) is 14.2. The first-order valence-corrected chi connectivity index (χ1v) is 8.28. The van der Waals surface area contributed by atoms with E-state index in [4.69, 9.17) is 21.1 Å². The van der Waals surface area contributed by atoms with Gasteiger partial charge in [-0.1, -0.05) is 17.7 Å². The monoisotopic (exact) mass is 346 g/mol. The molecule has 2 heterocycles. The number of carbonyl (C=O) groups excluding carboxylic acids is 1. The van der Waals surface area contributed by atoms with Gasteiger partial charge in [-0.2, -0.15) is 0 Å². The summed E-state index contributed by atoms with van der Waals surface area (Å²) in [5.74, 6) is 0.233. The Morgan fingerprint density at radius 2 is 2.12 bits per heavy atom. The third kappa shape index (κ3) is 4.04. The van der Waals surface area contributed by atoms with Gasteiger partial charge in [0.15, 0.2) is 0 Å². The number of benzene rings is 1. The van der Waals surface area contributed by atoms with Crippen molar-refractivity contribution < 1.29 is 14.3 Å². The maximum absolute atomic E-state index is 12.5. The van der Waals surface area contributed by atoms with Crippen molar-refractivity contribution in [2.24, 2.45) is 0 Å². The molecule has 0 saturated carbocycles. The van der Waals surface area contributed by atoms with Crippen LogP contribution in [0.25, 0.3) is 0 Å². The quantitative estimate of drug-likeness (QED) is 0.913. The van der Waals surface area contributed by atoms with Crippen molar-refractivity contribution in [2.45, 2.75) is 25.9 Å². The van der Waals surface area contributed by atoms with Crippen LogP contribution in [0.5, 0.6) is 5.88 Å². The van der Waals surface area contributed by atoms with E-state index in [0.29, 0.717) is 35.4 Å². The topological polar surface area (TPSA) is 60.5 Å². The molecule has 1 N–H and O–H groups in total. The van der Waals surface area contributed by atoms with Crippen LogP contribution in [0, 0.1) is 6.92 Å². The van der Waals surface area contributed by atoms with E-state index in [0.717, 1.165) is 18.4 Å². The Balaban J connectivity index is 1.70. The van der Waals surface area contributed by atoms with Gasteiger partial charge < -0.3 is 14.8 Å². The SMILES string of the molecule is Cc1c(Cl)cccc1NC(=O)c1ccnc(OC2CCOCC2)c1. The minimum Gasteiger partial charge on any atom is -0.474 e. The van der Waals surface area contributed by atoms with Gasteiger partial charge in [0.1, 0.15) is 6.10 Å². The number of ether oxygens (including phenoxy) is 2. The summed E-state index contributed by atoms with van der Waals surface area (Å²) < 4.78 is 11.2. The van der Waals surface area contributed by atoms with Crippen LogP contribution in [-0.4, -0.2) is 30.2 Å². The molecule has 2 aromatic rings. The maximum Gasteiger partial charge on any atom is 0.255 e. The number of pyridine rings is 1. The number of aromatic nitrogens is 1. The van der Waals surface area contributed by atoms with E-state index in [1.54, 1.807) is 30.5 Å². The van der Waals surface area contributed by atoms with Crippen molar-refractivity contribution in [2.75, 3.05) is 18.5 Å². The number of anilines is 1. The van der Waals surface area contributed by atoms with Crippen LogP contribution in [0.3, 0.4) is 0 Å². The third-order valence-corrected chi connectivity index (χ3v) is 4.38. The van der Waals surface area contributed by atoms with Crippen molar-refractivity contribution in [1.82, 2.24) is 4.98 Å². The summed E-state index contributed by atoms with van der Waals surface area (Å²) in [6.07, 6.45) is 3.33. The lowest BCUT2D eigenvalue weighted by atomic mass is 10.1. The molecule has 0 aliphatic carbocycles. The predicted molar refractivity (Wildman–Crippen MR) is 92.8 cm³/mol. The molecule has 5 nitrogen and oxygen atoms in total. The Labute approximate surface area is 145 Å². The second-order valence-electron chi connectivity index (χ2n) is 5.68.